The number of hydrogen-bond acceptors (Lipinski definition) is 1. The van der Waals surface area contributed by atoms with Gasteiger partial charge in [0.2, 0.25) is 0 Å². The number of anilines is 1. The Hall–Kier alpha value is -2.36. The van der Waals surface area contributed by atoms with Crippen LogP contribution >= 0.6 is 22.2 Å². The van der Waals surface area contributed by atoms with Gasteiger partial charge in [-0.25, -0.2) is 0 Å². The van der Waals surface area contributed by atoms with E-state index in [-0.39, 0.29) is 0 Å². The van der Waals surface area contributed by atoms with Crippen molar-refractivity contribution in [2.75, 3.05) is 3.71 Å². The third-order valence-corrected chi connectivity index (χ3v) is 9.65. The first kappa shape index (κ1) is 14.9. The zero-order valence-corrected chi connectivity index (χ0v) is 15.4. The second kappa shape index (κ2) is 6.17. The molecule has 124 valence electrons. The molecule has 2 aliphatic heterocycles. The standard InChI is InChI=1S/C22H19NS2/c1-2-10-20(11-3-1)23(24-16-14-18-8-4-6-12-21(18)24)25-17-15-19-9-5-7-13-22(19)25/h1-17,24-25H. The van der Waals surface area contributed by atoms with E-state index in [1.165, 1.54) is 26.6 Å². The van der Waals surface area contributed by atoms with Gasteiger partial charge < -0.3 is 0 Å². The molecule has 2 unspecified atom stereocenters. The fraction of sp³-hybridized carbons (Fsp3) is 0. The Morgan fingerprint density at radius 3 is 1.56 bits per heavy atom. The number of nitrogens with zero attached hydrogens (tertiary/aromatic N) is 1. The largest absolute Gasteiger partial charge is 0.287 e. The average Bonchev–Trinajstić information content (AvgIpc) is 3.29. The molecule has 0 aliphatic carbocycles. The van der Waals surface area contributed by atoms with Crippen molar-refractivity contribution in [3.63, 3.8) is 0 Å². The molecule has 2 heterocycles. The highest BCUT2D eigenvalue weighted by molar-refractivity contribution is 8.37. The highest BCUT2D eigenvalue weighted by atomic mass is 32.3. The summed E-state index contributed by atoms with van der Waals surface area (Å²) < 4.78 is 2.66. The average molecular weight is 362 g/mol. The van der Waals surface area contributed by atoms with Gasteiger partial charge in [0.1, 0.15) is 0 Å². The molecule has 3 heteroatoms. The molecule has 0 saturated carbocycles. The molecule has 0 spiro atoms. The zero-order valence-electron chi connectivity index (χ0n) is 13.7. The zero-order chi connectivity index (χ0) is 16.6. The predicted octanol–water partition coefficient (Wildman–Crippen LogP) is 6.41. The molecule has 3 aromatic carbocycles. The minimum atomic E-state index is -0.506. The van der Waals surface area contributed by atoms with Crippen molar-refractivity contribution in [1.82, 2.24) is 0 Å². The molecule has 0 bridgehead atoms. The third-order valence-electron chi connectivity index (χ3n) is 4.55. The summed E-state index contributed by atoms with van der Waals surface area (Å²) in [7, 11) is 0. The molecule has 0 N–H and O–H groups in total. The van der Waals surface area contributed by atoms with Crippen molar-refractivity contribution in [2.45, 2.75) is 9.79 Å². The van der Waals surface area contributed by atoms with Gasteiger partial charge >= 0.3 is 0 Å². The molecule has 0 amide bonds. The van der Waals surface area contributed by atoms with Crippen molar-refractivity contribution >= 4 is 40.0 Å². The van der Waals surface area contributed by atoms with Crippen LogP contribution in [0.15, 0.2) is 99.5 Å². The molecule has 25 heavy (non-hydrogen) atoms. The Morgan fingerprint density at radius 1 is 0.520 bits per heavy atom. The Morgan fingerprint density at radius 2 is 1.00 bits per heavy atom. The molecule has 0 radical (unpaired) electrons. The minimum absolute atomic E-state index is 0.506. The van der Waals surface area contributed by atoms with Crippen molar-refractivity contribution in [2.24, 2.45) is 0 Å². The second-order valence-corrected chi connectivity index (χ2v) is 10.1. The predicted molar refractivity (Wildman–Crippen MR) is 114 cm³/mol. The van der Waals surface area contributed by atoms with E-state index in [9.17, 15) is 0 Å². The maximum absolute atomic E-state index is 2.66. The molecule has 0 fully saturated rings. The van der Waals surface area contributed by atoms with Crippen molar-refractivity contribution in [1.29, 1.82) is 0 Å². The van der Waals surface area contributed by atoms with Gasteiger partial charge in [0.25, 0.3) is 0 Å². The Balaban J connectivity index is 1.65. The van der Waals surface area contributed by atoms with Crippen LogP contribution in [0.25, 0.3) is 12.2 Å². The van der Waals surface area contributed by atoms with E-state index < -0.39 is 22.2 Å². The van der Waals surface area contributed by atoms with Gasteiger partial charge in [0.05, 0.1) is 5.69 Å². The van der Waals surface area contributed by atoms with E-state index in [0.717, 1.165) is 0 Å². The normalized spacial score (nSPS) is 22.6. The topological polar surface area (TPSA) is 3.24 Å². The first-order valence-electron chi connectivity index (χ1n) is 8.40. The van der Waals surface area contributed by atoms with Crippen LogP contribution < -0.4 is 3.71 Å². The maximum atomic E-state index is 2.66. The molecule has 3 aromatic rings. The fourth-order valence-electron chi connectivity index (χ4n) is 3.38. The van der Waals surface area contributed by atoms with Gasteiger partial charge in [0.15, 0.2) is 0 Å². The fourth-order valence-corrected chi connectivity index (χ4v) is 8.80. The smallest absolute Gasteiger partial charge is 0.0567 e. The minimum Gasteiger partial charge on any atom is -0.287 e. The summed E-state index contributed by atoms with van der Waals surface area (Å²) in [6.45, 7) is 0. The highest BCUT2D eigenvalue weighted by Gasteiger charge is 2.28. The molecular weight excluding hydrogens is 342 g/mol. The van der Waals surface area contributed by atoms with Gasteiger partial charge in [-0.05, 0) is 58.4 Å². The maximum Gasteiger partial charge on any atom is 0.0567 e. The molecule has 0 saturated heterocycles. The second-order valence-electron chi connectivity index (χ2n) is 6.06. The molecule has 5 rings (SSSR count). The number of hydrogen-bond donors (Lipinski definition) is 2. The summed E-state index contributed by atoms with van der Waals surface area (Å²) in [6, 6.07) is 28.5. The number of benzene rings is 3. The highest BCUT2D eigenvalue weighted by Crippen LogP contribution is 2.62. The summed E-state index contributed by atoms with van der Waals surface area (Å²) in [5.41, 5.74) is 4.03. The molecule has 2 atom stereocenters. The quantitative estimate of drug-likeness (QED) is 0.510. The van der Waals surface area contributed by atoms with Crippen molar-refractivity contribution in [3.8, 4) is 0 Å². The summed E-state index contributed by atoms with van der Waals surface area (Å²) >= 11 is -1.01. The molecule has 1 nitrogen and oxygen atoms in total. The van der Waals surface area contributed by atoms with Gasteiger partial charge in [-0.1, -0.05) is 54.6 Å². The first-order chi connectivity index (χ1) is 12.4. The van der Waals surface area contributed by atoms with Gasteiger partial charge in [0, 0.05) is 9.79 Å². The van der Waals surface area contributed by atoms with Crippen molar-refractivity contribution in [3.05, 3.63) is 101 Å². The van der Waals surface area contributed by atoms with Crippen LogP contribution in [0.3, 0.4) is 0 Å². The van der Waals surface area contributed by atoms with E-state index in [2.05, 4.69) is 106 Å². The van der Waals surface area contributed by atoms with Crippen LogP contribution in [0, 0.1) is 0 Å². The van der Waals surface area contributed by atoms with Crippen LogP contribution in [0.1, 0.15) is 11.1 Å². The number of para-hydroxylation sites is 1. The number of rotatable bonds is 3. The van der Waals surface area contributed by atoms with E-state index in [4.69, 9.17) is 0 Å². The van der Waals surface area contributed by atoms with Crippen molar-refractivity contribution < 1.29 is 0 Å². The first-order valence-corrected chi connectivity index (χ1v) is 11.1. The van der Waals surface area contributed by atoms with E-state index in [1.807, 2.05) is 0 Å². The Bertz CT molecular complexity index is 917. The molecule has 0 aromatic heterocycles. The molecule has 2 aliphatic rings. The van der Waals surface area contributed by atoms with Crippen LogP contribution in [-0.2, 0) is 0 Å². The van der Waals surface area contributed by atoms with E-state index >= 15 is 0 Å². The number of fused-ring (bicyclic) bond motifs is 2. The van der Waals surface area contributed by atoms with Gasteiger partial charge in [-0.3, -0.25) is 3.71 Å². The van der Waals surface area contributed by atoms with Crippen LogP contribution in [-0.4, -0.2) is 0 Å². The Labute approximate surface area is 154 Å². The van der Waals surface area contributed by atoms with Crippen LogP contribution in [0.5, 0.6) is 0 Å². The van der Waals surface area contributed by atoms with Gasteiger partial charge in [-0.15, -0.1) is 22.2 Å². The summed E-state index contributed by atoms with van der Waals surface area (Å²) in [5.74, 6) is 0. The lowest BCUT2D eigenvalue weighted by Crippen LogP contribution is -2.13. The lowest BCUT2D eigenvalue weighted by Gasteiger charge is -2.40. The SMILES string of the molecule is C1=C[SH](N(c2ccccc2)[SH]2C=Cc3ccccc32)c2ccccc21. The van der Waals surface area contributed by atoms with E-state index in [1.54, 1.807) is 0 Å². The van der Waals surface area contributed by atoms with Gasteiger partial charge in [-0.2, -0.15) is 0 Å². The summed E-state index contributed by atoms with van der Waals surface area (Å²) in [4.78, 5) is 2.92. The lowest BCUT2D eigenvalue weighted by molar-refractivity contribution is 1.40. The lowest BCUT2D eigenvalue weighted by atomic mass is 10.2. The van der Waals surface area contributed by atoms with Crippen LogP contribution in [0.2, 0.25) is 0 Å². The number of thiol groups is 2. The summed E-state index contributed by atoms with van der Waals surface area (Å²) in [5, 5.41) is 4.81. The monoisotopic (exact) mass is 361 g/mol. The summed E-state index contributed by atoms with van der Waals surface area (Å²) in [6.07, 6.45) is 4.58. The molecular formula is C22H19NS2. The third kappa shape index (κ3) is 2.51. The Kier molecular flexibility index (Phi) is 3.69. The van der Waals surface area contributed by atoms with E-state index in [0.29, 0.717) is 0 Å². The van der Waals surface area contributed by atoms with Crippen LogP contribution in [0.4, 0.5) is 5.69 Å².